The van der Waals surface area contributed by atoms with Gasteiger partial charge in [-0.3, -0.25) is 0 Å². The van der Waals surface area contributed by atoms with Gasteiger partial charge >= 0.3 is 0 Å². The first kappa shape index (κ1) is 42.6. The Morgan fingerprint density at radius 3 is 1.61 bits per heavy atom. The number of fused-ring (bicyclic) bond motifs is 12. The van der Waals surface area contributed by atoms with Gasteiger partial charge in [0.05, 0.1) is 11.1 Å². The number of para-hydroxylation sites is 2. The molecule has 2 heterocycles. The fourth-order valence-corrected chi connectivity index (χ4v) is 13.1. The van der Waals surface area contributed by atoms with Crippen LogP contribution in [0.2, 0.25) is 0 Å². The number of hydrogen-bond acceptors (Lipinski definition) is 4. The Morgan fingerprint density at radius 2 is 0.865 bits per heavy atom. The van der Waals surface area contributed by atoms with Crippen LogP contribution in [0.4, 0.5) is 28.4 Å². The number of allylic oxidation sites excluding steroid dienone is 1. The third kappa shape index (κ3) is 6.15. The van der Waals surface area contributed by atoms with Crippen molar-refractivity contribution in [2.45, 2.75) is 37.5 Å². The van der Waals surface area contributed by atoms with Crippen molar-refractivity contribution in [2.75, 3.05) is 9.80 Å². The minimum atomic E-state index is -0.511. The largest absolute Gasteiger partial charge is 0.460 e. The summed E-state index contributed by atoms with van der Waals surface area (Å²) >= 11 is 0. The molecule has 74 heavy (non-hydrogen) atoms. The molecular formula is C70H50N2O2. The van der Waals surface area contributed by atoms with E-state index in [4.69, 9.17) is 8.83 Å². The van der Waals surface area contributed by atoms with Crippen molar-refractivity contribution in [3.05, 3.63) is 287 Å². The van der Waals surface area contributed by atoms with Gasteiger partial charge in [-0.25, -0.2) is 0 Å². The second-order valence-corrected chi connectivity index (χ2v) is 20.7. The summed E-state index contributed by atoms with van der Waals surface area (Å²) < 4.78 is 13.1. The van der Waals surface area contributed by atoms with E-state index in [0.717, 1.165) is 91.2 Å². The van der Waals surface area contributed by atoms with E-state index in [-0.39, 0.29) is 5.41 Å². The standard InChI is InChI=1S/C70H50N2O2/c1-69(2)59-29-13-9-25-52(59)56-42-49(35-38-60(56)69)71(50-37-40-66-58(44-50)54-27-11-15-32-64(54)73-66)47-23-17-24-48(41-47)72(63-31-18-34-67-68(63)55-28-12-16-33-65(55)74-67)51-36-39-62-57(43-51)53-26-10-14-30-61(53)70(62,45-19-5-3-6-20-45)46-21-7-4-8-22-46/h3-17,19-33,35-44H,18,34H2,1-2H3. The van der Waals surface area contributed by atoms with Gasteiger partial charge in [-0.15, -0.1) is 0 Å². The number of nitrogens with zero attached hydrogens (tertiary/aromatic N) is 2. The maximum Gasteiger partial charge on any atom is 0.135 e. The van der Waals surface area contributed by atoms with E-state index < -0.39 is 5.41 Å². The summed E-state index contributed by atoms with van der Waals surface area (Å²) in [6, 6.07) is 86.9. The molecule has 0 bridgehead atoms. The van der Waals surface area contributed by atoms with Crippen molar-refractivity contribution < 1.29 is 8.83 Å². The van der Waals surface area contributed by atoms with Gasteiger partial charge in [0.2, 0.25) is 0 Å². The second-order valence-electron chi connectivity index (χ2n) is 20.7. The zero-order valence-electron chi connectivity index (χ0n) is 41.2. The van der Waals surface area contributed by atoms with Crippen LogP contribution in [0.1, 0.15) is 65.0 Å². The monoisotopic (exact) mass is 950 g/mol. The molecule has 0 amide bonds. The molecule has 0 spiro atoms. The van der Waals surface area contributed by atoms with E-state index in [9.17, 15) is 0 Å². The van der Waals surface area contributed by atoms with E-state index in [2.05, 4.69) is 260 Å². The van der Waals surface area contributed by atoms with Crippen LogP contribution >= 0.6 is 0 Å². The van der Waals surface area contributed by atoms with Crippen LogP contribution in [-0.4, -0.2) is 0 Å². The average Bonchev–Trinajstić information content (AvgIpc) is 4.17. The van der Waals surface area contributed by atoms with E-state index in [1.807, 2.05) is 6.07 Å². The highest BCUT2D eigenvalue weighted by Crippen LogP contribution is 2.58. The fraction of sp³-hybridized carbons (Fsp3) is 0.0857. The molecule has 0 unspecified atom stereocenters. The summed E-state index contributed by atoms with van der Waals surface area (Å²) in [6.45, 7) is 4.70. The first-order chi connectivity index (χ1) is 36.4. The molecule has 10 aromatic carbocycles. The number of rotatable bonds is 8. The van der Waals surface area contributed by atoms with Gasteiger partial charge in [0.15, 0.2) is 0 Å². The average molecular weight is 951 g/mol. The molecule has 0 saturated heterocycles. The number of aryl methyl sites for hydroxylation is 1. The van der Waals surface area contributed by atoms with Crippen molar-refractivity contribution in [3.8, 4) is 22.3 Å². The normalized spacial score (nSPS) is 14.5. The number of furan rings is 2. The maximum atomic E-state index is 6.72. The molecule has 2 aromatic heterocycles. The lowest BCUT2D eigenvalue weighted by Crippen LogP contribution is -2.28. The zero-order chi connectivity index (χ0) is 49.1. The Balaban J connectivity index is 0.963. The third-order valence-corrected chi connectivity index (χ3v) is 16.4. The molecule has 0 aliphatic heterocycles. The molecule has 3 aliphatic rings. The minimum Gasteiger partial charge on any atom is -0.460 e. The highest BCUT2D eigenvalue weighted by atomic mass is 16.3. The number of benzene rings is 10. The van der Waals surface area contributed by atoms with Gasteiger partial charge < -0.3 is 18.6 Å². The Morgan fingerprint density at radius 1 is 0.365 bits per heavy atom. The summed E-state index contributed by atoms with van der Waals surface area (Å²) in [4.78, 5) is 4.92. The molecule has 0 N–H and O–H groups in total. The van der Waals surface area contributed by atoms with E-state index in [0.29, 0.717) is 0 Å². The van der Waals surface area contributed by atoms with Gasteiger partial charge in [-0.1, -0.05) is 184 Å². The van der Waals surface area contributed by atoms with Crippen molar-refractivity contribution >= 4 is 67.0 Å². The lowest BCUT2D eigenvalue weighted by molar-refractivity contribution is 0.545. The lowest BCUT2D eigenvalue weighted by atomic mass is 9.68. The van der Waals surface area contributed by atoms with Crippen LogP contribution in [0.5, 0.6) is 0 Å². The van der Waals surface area contributed by atoms with E-state index >= 15 is 0 Å². The van der Waals surface area contributed by atoms with Crippen molar-refractivity contribution in [2.24, 2.45) is 0 Å². The molecule has 3 aliphatic carbocycles. The van der Waals surface area contributed by atoms with Gasteiger partial charge in [-0.05, 0) is 135 Å². The molecular weight excluding hydrogens is 901 g/mol. The second kappa shape index (κ2) is 16.2. The fourth-order valence-electron chi connectivity index (χ4n) is 13.1. The van der Waals surface area contributed by atoms with Crippen LogP contribution < -0.4 is 9.80 Å². The first-order valence-corrected chi connectivity index (χ1v) is 25.9. The van der Waals surface area contributed by atoms with Crippen molar-refractivity contribution in [1.82, 2.24) is 0 Å². The van der Waals surface area contributed by atoms with Gasteiger partial charge in [0.1, 0.15) is 22.5 Å². The smallest absolute Gasteiger partial charge is 0.135 e. The van der Waals surface area contributed by atoms with Crippen LogP contribution in [0.3, 0.4) is 0 Å². The molecule has 352 valence electrons. The SMILES string of the molecule is CC1(C)c2ccccc2-c2cc(N(c3cccc(N(C4=CCCc5oc6ccccc6c54)c4ccc5c(c4)-c4ccccc4C5(c4ccccc4)c4ccccc4)c3)c3ccc4oc5ccccc5c4c3)ccc21. The summed E-state index contributed by atoms with van der Waals surface area (Å²) in [5, 5.41) is 3.31. The molecule has 4 heteroatoms. The molecule has 15 rings (SSSR count). The minimum absolute atomic E-state index is 0.119. The van der Waals surface area contributed by atoms with Gasteiger partial charge in [0, 0.05) is 62.0 Å². The van der Waals surface area contributed by atoms with Crippen LogP contribution in [0.15, 0.2) is 251 Å². The molecule has 12 aromatic rings. The van der Waals surface area contributed by atoms with Crippen LogP contribution in [0.25, 0.3) is 60.9 Å². The van der Waals surface area contributed by atoms with Gasteiger partial charge in [-0.2, -0.15) is 0 Å². The van der Waals surface area contributed by atoms with Crippen LogP contribution in [-0.2, 0) is 17.3 Å². The van der Waals surface area contributed by atoms with Gasteiger partial charge in [0.25, 0.3) is 0 Å². The van der Waals surface area contributed by atoms with Crippen LogP contribution in [0, 0.1) is 0 Å². The van der Waals surface area contributed by atoms with E-state index in [1.54, 1.807) is 0 Å². The summed E-state index contributed by atoms with van der Waals surface area (Å²) in [6.07, 6.45) is 4.12. The predicted molar refractivity (Wildman–Crippen MR) is 304 cm³/mol. The number of hydrogen-bond donors (Lipinski definition) is 0. The molecule has 4 nitrogen and oxygen atoms in total. The first-order valence-electron chi connectivity index (χ1n) is 25.9. The zero-order valence-corrected chi connectivity index (χ0v) is 41.2. The Labute approximate surface area is 430 Å². The van der Waals surface area contributed by atoms with E-state index in [1.165, 1.54) is 55.6 Å². The molecule has 0 saturated carbocycles. The Hall–Kier alpha value is -9.12. The summed E-state index contributed by atoms with van der Waals surface area (Å²) in [7, 11) is 0. The molecule has 0 radical (unpaired) electrons. The Bertz CT molecular complexity index is 4210. The lowest BCUT2D eigenvalue weighted by Gasteiger charge is -2.35. The topological polar surface area (TPSA) is 32.8 Å². The van der Waals surface area contributed by atoms with Crippen molar-refractivity contribution in [3.63, 3.8) is 0 Å². The molecule has 0 fully saturated rings. The molecule has 0 atom stereocenters. The Kier molecular flexibility index (Phi) is 9.31. The quantitative estimate of drug-likeness (QED) is 0.152. The predicted octanol–water partition coefficient (Wildman–Crippen LogP) is 18.6. The summed E-state index contributed by atoms with van der Waals surface area (Å²) in [5.41, 5.74) is 22.4. The van der Waals surface area contributed by atoms with Crippen molar-refractivity contribution in [1.29, 1.82) is 0 Å². The third-order valence-electron chi connectivity index (χ3n) is 16.4. The highest BCUT2D eigenvalue weighted by molar-refractivity contribution is 6.07. The maximum absolute atomic E-state index is 6.72. The highest BCUT2D eigenvalue weighted by Gasteiger charge is 2.46. The summed E-state index contributed by atoms with van der Waals surface area (Å²) in [5.74, 6) is 1.02. The number of anilines is 5.